The van der Waals surface area contributed by atoms with E-state index in [2.05, 4.69) is 0 Å². The van der Waals surface area contributed by atoms with Gasteiger partial charge in [-0.2, -0.15) is 0 Å². The van der Waals surface area contributed by atoms with Gasteiger partial charge in [-0.15, -0.1) is 0 Å². The first-order valence-electron chi connectivity index (χ1n) is 41.9. The van der Waals surface area contributed by atoms with Crippen LogP contribution in [0.2, 0.25) is 0 Å². The number of aliphatic hydroxyl groups is 8. The molecule has 0 spiro atoms. The highest BCUT2D eigenvalue weighted by Crippen LogP contribution is 2.38. The van der Waals surface area contributed by atoms with Gasteiger partial charge in [-0.1, -0.05) is 141 Å². The first kappa shape index (κ1) is 107. The maximum atomic E-state index is 13.5. The molecular weight excluding hydrogens is 1520 g/mol. The Morgan fingerprint density at radius 3 is 1.26 bits per heavy atom. The smallest absolute Gasteiger partial charge is 0.331 e. The monoisotopic (exact) mass is 1680 g/mol. The molecule has 32 atom stereocenters. The molecular formula is C90H150N2O26. The molecule has 676 valence electrons. The van der Waals surface area contributed by atoms with Crippen molar-refractivity contribution >= 4 is 36.3 Å². The number of hydrogen-bond acceptors (Lipinski definition) is 26. The van der Waals surface area contributed by atoms with Crippen LogP contribution in [0.15, 0.2) is 96.5 Å². The minimum absolute atomic E-state index is 0.0229. The summed E-state index contributed by atoms with van der Waals surface area (Å²) in [5.74, 6) is -6.16. The lowest BCUT2D eigenvalue weighted by Crippen LogP contribution is -2.55. The number of cyclic esters (lactones) is 2. The van der Waals surface area contributed by atoms with Crippen molar-refractivity contribution in [3.8, 4) is 0 Å². The topological polar surface area (TPSA) is 382 Å². The average molecular weight is 1680 g/mol. The molecule has 8 N–H and O–H groups in total. The van der Waals surface area contributed by atoms with Crippen molar-refractivity contribution in [2.75, 3.05) is 77.6 Å². The van der Waals surface area contributed by atoms with Gasteiger partial charge < -0.3 is 107 Å². The molecule has 0 aromatic carbocycles. The van der Waals surface area contributed by atoms with Gasteiger partial charge in [-0.3, -0.25) is 19.2 Å². The summed E-state index contributed by atoms with van der Waals surface area (Å²) in [6.07, 6.45) is 13.4. The second-order valence-electron chi connectivity index (χ2n) is 33.7. The van der Waals surface area contributed by atoms with E-state index in [1.54, 1.807) is 96.7 Å². The predicted octanol–water partition coefficient (Wildman–Crippen LogP) is 8.50. The lowest BCUT2D eigenvalue weighted by molar-refractivity contribution is -0.184. The van der Waals surface area contributed by atoms with E-state index < -0.39 is 169 Å². The van der Waals surface area contributed by atoms with Crippen LogP contribution >= 0.6 is 0 Å². The molecule has 0 fully saturated rings. The van der Waals surface area contributed by atoms with E-state index in [-0.39, 0.29) is 86.2 Å². The number of ether oxygens (including phenoxy) is 12. The molecule has 0 aromatic heterocycles. The zero-order chi connectivity index (χ0) is 89.0. The molecule has 0 unspecified atom stereocenters. The number of nitrogens with zero attached hydrogens (tertiary/aromatic N) is 2. The summed E-state index contributed by atoms with van der Waals surface area (Å²) in [7, 11) is 15.6. The van der Waals surface area contributed by atoms with E-state index in [1.165, 1.54) is 67.6 Å². The van der Waals surface area contributed by atoms with E-state index in [0.29, 0.717) is 68.9 Å². The third kappa shape index (κ3) is 33.6. The largest absolute Gasteiger partial charge is 0.458 e. The van der Waals surface area contributed by atoms with Crippen molar-refractivity contribution in [3.63, 3.8) is 0 Å². The summed E-state index contributed by atoms with van der Waals surface area (Å²) in [6, 6.07) is 0. The fourth-order valence-electron chi connectivity index (χ4n) is 16.8. The van der Waals surface area contributed by atoms with Crippen LogP contribution in [0.5, 0.6) is 0 Å². The summed E-state index contributed by atoms with van der Waals surface area (Å²) in [5, 5.41) is 89.8. The summed E-state index contributed by atoms with van der Waals surface area (Å²) >= 11 is 0. The fourth-order valence-corrected chi connectivity index (χ4v) is 16.8. The average Bonchev–Trinajstić information content (AvgIpc) is 0.798. The van der Waals surface area contributed by atoms with Crippen LogP contribution in [0.3, 0.4) is 0 Å². The van der Waals surface area contributed by atoms with Crippen LogP contribution in [0.25, 0.3) is 0 Å². The van der Waals surface area contributed by atoms with E-state index in [4.69, 9.17) is 56.8 Å². The Morgan fingerprint density at radius 1 is 0.542 bits per heavy atom. The Morgan fingerprint density at radius 2 is 0.907 bits per heavy atom. The van der Waals surface area contributed by atoms with Crippen LogP contribution < -0.4 is 0 Å². The maximum absolute atomic E-state index is 13.5. The zero-order valence-electron chi connectivity index (χ0n) is 74.6. The normalized spacial score (nSPS) is 34.3. The number of Topliss-reactive ketones (excluding diaryl/α,β-unsaturated/α-hetero) is 2. The van der Waals surface area contributed by atoms with Gasteiger partial charge in [0.15, 0.2) is 0 Å². The number of aliphatic hydroxyl groups excluding tert-OH is 7. The molecule has 2 amide bonds. The zero-order valence-corrected chi connectivity index (χ0v) is 74.6. The van der Waals surface area contributed by atoms with Gasteiger partial charge in [0.25, 0.3) is 0 Å². The summed E-state index contributed by atoms with van der Waals surface area (Å²) in [6.45, 7) is 23.3. The number of amides is 2. The lowest BCUT2D eigenvalue weighted by Gasteiger charge is -2.42. The summed E-state index contributed by atoms with van der Waals surface area (Å²) < 4.78 is 72.0. The number of esters is 2. The lowest BCUT2D eigenvalue weighted by atomic mass is 9.77. The van der Waals surface area contributed by atoms with Gasteiger partial charge >= 0.3 is 11.9 Å². The van der Waals surface area contributed by atoms with E-state index in [1.807, 2.05) is 91.8 Å². The Hall–Kier alpha value is -5.58. The molecule has 0 aromatic rings. The molecule has 0 radical (unpaired) electrons. The van der Waals surface area contributed by atoms with Crippen LogP contribution in [-0.2, 0) is 85.6 Å². The minimum Gasteiger partial charge on any atom is -0.458 e. The van der Waals surface area contributed by atoms with Crippen molar-refractivity contribution in [2.24, 2.45) is 65.1 Å². The molecule has 4 bridgehead atoms. The second-order valence-corrected chi connectivity index (χ2v) is 33.7. The highest BCUT2D eigenvalue weighted by molar-refractivity contribution is 5.83. The standard InChI is InChI=1S/2C45H75NO13/c1-27-16-19-41(51)59-44(32(6)42(52)28(2)17-18-35(48)30(4)43(57-12)29(3)20-21-46(8)26-47)31(5)38(54-9)25-40(56-11)45(7,53)39(55-10)24-34-15-13-14-33(58-34)23-37(50)36(49)22-27;1-27-15-18-42(52)59-45(32(6)43(53)28(2)16-17-36(49)30(4)44(57-11)29(3)19-20-46(7)26-48)31(5)39(54-8)24-41(56-10)35(25-47)40(55-9)23-34-14-12-13-33(58-34)22-38(51)37(50)21-27/h13-14,16,19-22,26,28-34,36-40,42-44,49-50,52-53H,15,17-18,23-25H2,1-12H3;12-13,15,18-21,26,28-35,37-41,43-45,47,50-51,53H,14,16-17,22-25H2,1-11H3/b19-16+,21-20+,27-22+;18-15+,20-19+,27-21+/t28-,29+,30-,31-,32-,33-,34-,36-,37+,38+,39-,40-,42-,43+,44-,45-;28-,29+,30-,31-,32-,33-,34-,35+,37-,38+,39+,40-,41-,43-,44+,45-/m00/s1. The molecule has 4 heterocycles. The van der Waals surface area contributed by atoms with Crippen LogP contribution in [0.1, 0.15) is 167 Å². The van der Waals surface area contributed by atoms with Crippen molar-refractivity contribution < 1.29 is 126 Å². The van der Waals surface area contributed by atoms with Gasteiger partial charge in [0, 0.05) is 200 Å². The van der Waals surface area contributed by atoms with Crippen molar-refractivity contribution in [1.29, 1.82) is 0 Å². The molecule has 4 aliphatic rings. The number of rotatable bonds is 33. The quantitative estimate of drug-likeness (QED) is 0.0173. The number of methoxy groups -OCH3 is 8. The van der Waals surface area contributed by atoms with Crippen LogP contribution in [-0.4, -0.2) is 292 Å². The minimum atomic E-state index is -1.54. The van der Waals surface area contributed by atoms with E-state index >= 15 is 0 Å². The maximum Gasteiger partial charge on any atom is 0.331 e. The van der Waals surface area contributed by atoms with Crippen molar-refractivity contribution in [1.82, 2.24) is 9.80 Å². The van der Waals surface area contributed by atoms with Crippen molar-refractivity contribution in [2.45, 2.75) is 295 Å². The predicted molar refractivity (Wildman–Crippen MR) is 448 cm³/mol. The molecule has 28 nitrogen and oxygen atoms in total. The van der Waals surface area contributed by atoms with Gasteiger partial charge in [0.2, 0.25) is 12.8 Å². The van der Waals surface area contributed by atoms with Gasteiger partial charge in [0.1, 0.15) is 29.4 Å². The first-order chi connectivity index (χ1) is 55.7. The third-order valence-corrected chi connectivity index (χ3v) is 24.8. The molecule has 118 heavy (non-hydrogen) atoms. The van der Waals surface area contributed by atoms with Crippen molar-refractivity contribution in [3.05, 3.63) is 96.5 Å². The summed E-state index contributed by atoms with van der Waals surface area (Å²) in [5.41, 5.74) is -0.502. The molecule has 0 saturated carbocycles. The molecule has 4 rings (SSSR count). The first-order valence-corrected chi connectivity index (χ1v) is 41.9. The van der Waals surface area contributed by atoms with Crippen LogP contribution in [0, 0.1) is 65.1 Å². The number of carbonyl (C=O) groups excluding carboxylic acids is 6. The Bertz CT molecular complexity index is 3210. The third-order valence-electron chi connectivity index (χ3n) is 24.8. The molecule has 28 heteroatoms. The Balaban J connectivity index is 0.000000610. The highest BCUT2D eigenvalue weighted by atomic mass is 16.6. The molecule has 0 aliphatic carbocycles. The van der Waals surface area contributed by atoms with Gasteiger partial charge in [-0.25, -0.2) is 9.59 Å². The Labute approximate surface area is 703 Å². The van der Waals surface area contributed by atoms with Gasteiger partial charge in [-0.05, 0) is 58.3 Å². The van der Waals surface area contributed by atoms with E-state index in [9.17, 15) is 69.6 Å². The number of ketones is 2. The van der Waals surface area contributed by atoms with Crippen LogP contribution in [0.4, 0.5) is 0 Å². The number of allylic oxidation sites excluding steroid dienone is 4. The molecule has 0 saturated heterocycles. The highest BCUT2D eigenvalue weighted by Gasteiger charge is 2.47. The fraction of sp³-hybridized carbons (Fsp3) is 0.756. The Kier molecular flexibility index (Phi) is 48.9. The summed E-state index contributed by atoms with van der Waals surface area (Å²) in [4.78, 5) is 78.7. The number of fused-ring (bicyclic) bond motifs is 4. The van der Waals surface area contributed by atoms with Gasteiger partial charge in [0.05, 0.1) is 116 Å². The SMILES string of the molecule is CO[C@H]([C@H](C)/C=C/N(C)C=O)[C@@H](C)C(=O)CC[C@H](C)[C@H](O)[C@H](C)[C@H]1OC(=O)/C=C/C(C)=C/[C@H](O)[C@H](O)C[C@@H]2C=CC[C@@H](C[C@H](OC)[C@@H](CO)[C@@H](OC)C[C@@H](OC)[C@@H]1C)O2.CO[C@H]([C@H](C)/C=C/N(C)C=O)[C@@H](C)C(=O)CC[C@H](C)[C@H](O)[C@H](C)[C@H]1OC(=O)/C=C/C(C)=C/[C@H](O)[C@H](O)C[C@@H]2C=CC[C@@H](C[C@H](OC)[C@](C)(O)[C@@H](OC)C[C@@H](OC)[C@@H]1C)O2. The number of carbonyl (C=O) groups is 6. The molecule has 4 aliphatic heterocycles. The second kappa shape index (κ2) is 54.1. The number of hydrogen-bond donors (Lipinski definition) is 8. The van der Waals surface area contributed by atoms with E-state index in [0.717, 1.165) is 0 Å².